The molecule has 18 heavy (non-hydrogen) atoms. The molecule has 1 aliphatic carbocycles. The predicted octanol–water partition coefficient (Wildman–Crippen LogP) is 3.26. The second-order valence-electron chi connectivity index (χ2n) is 6.69. The quantitative estimate of drug-likeness (QED) is 0.814. The molecule has 0 amide bonds. The highest BCUT2D eigenvalue weighted by Gasteiger charge is 2.33. The molecule has 0 radical (unpaired) electrons. The highest BCUT2D eigenvalue weighted by molar-refractivity contribution is 4.87. The minimum atomic E-state index is 0.666. The summed E-state index contributed by atoms with van der Waals surface area (Å²) in [5.74, 6) is 1.71. The van der Waals surface area contributed by atoms with Gasteiger partial charge in [-0.1, -0.05) is 33.1 Å². The zero-order chi connectivity index (χ0) is 13.0. The van der Waals surface area contributed by atoms with Gasteiger partial charge in [-0.05, 0) is 62.6 Å². The average molecular weight is 252 g/mol. The zero-order valence-electron chi connectivity index (χ0n) is 12.5. The van der Waals surface area contributed by atoms with Crippen LogP contribution in [-0.4, -0.2) is 31.1 Å². The van der Waals surface area contributed by atoms with Crippen LogP contribution in [0.3, 0.4) is 0 Å². The van der Waals surface area contributed by atoms with Crippen LogP contribution in [0.25, 0.3) is 0 Å². The van der Waals surface area contributed by atoms with Gasteiger partial charge in [0.25, 0.3) is 0 Å². The Morgan fingerprint density at radius 3 is 2.22 bits per heavy atom. The van der Waals surface area contributed by atoms with Gasteiger partial charge in [-0.2, -0.15) is 0 Å². The molecule has 2 heteroatoms. The van der Waals surface area contributed by atoms with Crippen molar-refractivity contribution in [3.05, 3.63) is 0 Å². The van der Waals surface area contributed by atoms with Crippen LogP contribution in [0.1, 0.15) is 58.8 Å². The van der Waals surface area contributed by atoms with E-state index in [9.17, 15) is 0 Å². The van der Waals surface area contributed by atoms with Crippen LogP contribution in [0.2, 0.25) is 0 Å². The molecule has 2 rings (SSSR count). The van der Waals surface area contributed by atoms with Gasteiger partial charge in [0.1, 0.15) is 0 Å². The van der Waals surface area contributed by atoms with Crippen LogP contribution >= 0.6 is 0 Å². The number of nitrogens with zero attached hydrogens (tertiary/aromatic N) is 1. The van der Waals surface area contributed by atoms with E-state index in [-0.39, 0.29) is 0 Å². The SMILES string of the molecule is CCC1(CC)CCN(CC2CCCC2CN)CC1. The van der Waals surface area contributed by atoms with Crippen molar-refractivity contribution >= 4 is 0 Å². The highest BCUT2D eigenvalue weighted by Crippen LogP contribution is 2.39. The van der Waals surface area contributed by atoms with E-state index < -0.39 is 0 Å². The minimum absolute atomic E-state index is 0.666. The first-order valence-corrected chi connectivity index (χ1v) is 8.15. The normalized spacial score (nSPS) is 32.8. The zero-order valence-corrected chi connectivity index (χ0v) is 12.5. The average Bonchev–Trinajstić information content (AvgIpc) is 2.87. The topological polar surface area (TPSA) is 29.3 Å². The molecule has 2 atom stereocenters. The summed E-state index contributed by atoms with van der Waals surface area (Å²) in [6, 6.07) is 0. The second-order valence-corrected chi connectivity index (χ2v) is 6.69. The fourth-order valence-corrected chi connectivity index (χ4v) is 4.16. The summed E-state index contributed by atoms with van der Waals surface area (Å²) in [6.45, 7) is 9.64. The first-order chi connectivity index (χ1) is 8.73. The van der Waals surface area contributed by atoms with Crippen LogP contribution in [0.4, 0.5) is 0 Å². The maximum absolute atomic E-state index is 5.90. The molecule has 1 saturated carbocycles. The molecule has 1 heterocycles. The lowest BCUT2D eigenvalue weighted by atomic mass is 9.74. The number of likely N-dealkylation sites (tertiary alicyclic amines) is 1. The Bertz CT molecular complexity index is 237. The molecule has 0 spiro atoms. The Morgan fingerprint density at radius 1 is 1.06 bits per heavy atom. The molecule has 0 bridgehead atoms. The number of rotatable bonds is 5. The van der Waals surface area contributed by atoms with Crippen LogP contribution in [0.5, 0.6) is 0 Å². The summed E-state index contributed by atoms with van der Waals surface area (Å²) in [5.41, 5.74) is 6.56. The Labute approximate surface area is 113 Å². The molecule has 2 unspecified atom stereocenters. The van der Waals surface area contributed by atoms with Crippen molar-refractivity contribution < 1.29 is 0 Å². The molecule has 0 aromatic heterocycles. The van der Waals surface area contributed by atoms with E-state index in [2.05, 4.69) is 18.7 Å². The first-order valence-electron chi connectivity index (χ1n) is 8.15. The smallest absolute Gasteiger partial charge is 0.00128 e. The standard InChI is InChI=1S/C16H32N2/c1-3-16(4-2)8-10-18(11-9-16)13-15-7-5-6-14(15)12-17/h14-15H,3-13,17H2,1-2H3. The molecule has 2 N–H and O–H groups in total. The highest BCUT2D eigenvalue weighted by atomic mass is 15.1. The molecular weight excluding hydrogens is 220 g/mol. The number of nitrogens with two attached hydrogens (primary N) is 1. The third kappa shape index (κ3) is 3.08. The summed E-state index contributed by atoms with van der Waals surface area (Å²) in [5, 5.41) is 0. The van der Waals surface area contributed by atoms with Crippen molar-refractivity contribution in [1.29, 1.82) is 0 Å². The van der Waals surface area contributed by atoms with E-state index in [4.69, 9.17) is 5.73 Å². The van der Waals surface area contributed by atoms with Crippen LogP contribution in [0.15, 0.2) is 0 Å². The summed E-state index contributed by atoms with van der Waals surface area (Å²) < 4.78 is 0. The van der Waals surface area contributed by atoms with Crippen molar-refractivity contribution in [3.63, 3.8) is 0 Å². The van der Waals surface area contributed by atoms with Gasteiger partial charge in [0.2, 0.25) is 0 Å². The van der Waals surface area contributed by atoms with Gasteiger partial charge in [-0.15, -0.1) is 0 Å². The molecule has 0 aromatic carbocycles. The fraction of sp³-hybridized carbons (Fsp3) is 1.00. The summed E-state index contributed by atoms with van der Waals surface area (Å²) in [6.07, 6.45) is 9.78. The molecule has 1 aliphatic heterocycles. The summed E-state index contributed by atoms with van der Waals surface area (Å²) >= 11 is 0. The van der Waals surface area contributed by atoms with Gasteiger partial charge in [0.15, 0.2) is 0 Å². The third-order valence-corrected chi connectivity index (χ3v) is 6.03. The van der Waals surface area contributed by atoms with E-state index in [1.54, 1.807) is 0 Å². The van der Waals surface area contributed by atoms with Crippen LogP contribution in [-0.2, 0) is 0 Å². The van der Waals surface area contributed by atoms with Gasteiger partial charge in [0.05, 0.1) is 0 Å². The number of piperidine rings is 1. The lowest BCUT2D eigenvalue weighted by Crippen LogP contribution is -2.42. The second kappa shape index (κ2) is 6.38. The maximum Gasteiger partial charge on any atom is 0.00128 e. The van der Waals surface area contributed by atoms with Gasteiger partial charge < -0.3 is 10.6 Å². The Kier molecular flexibility index (Phi) is 5.08. The van der Waals surface area contributed by atoms with Crippen LogP contribution in [0, 0.1) is 17.3 Å². The Morgan fingerprint density at radius 2 is 1.67 bits per heavy atom. The first kappa shape index (κ1) is 14.3. The number of hydrogen-bond donors (Lipinski definition) is 1. The fourth-order valence-electron chi connectivity index (χ4n) is 4.16. The van der Waals surface area contributed by atoms with Crippen LogP contribution < -0.4 is 5.73 Å². The van der Waals surface area contributed by atoms with Crippen molar-refractivity contribution in [2.45, 2.75) is 58.8 Å². The molecule has 2 aliphatic rings. The maximum atomic E-state index is 5.90. The minimum Gasteiger partial charge on any atom is -0.330 e. The molecule has 0 aromatic rings. The van der Waals surface area contributed by atoms with Gasteiger partial charge in [0, 0.05) is 6.54 Å². The molecule has 2 fully saturated rings. The van der Waals surface area contributed by atoms with Gasteiger partial charge in [-0.3, -0.25) is 0 Å². The molecular formula is C16H32N2. The van der Waals surface area contributed by atoms with Crippen molar-refractivity contribution in [1.82, 2.24) is 4.90 Å². The van der Waals surface area contributed by atoms with Gasteiger partial charge >= 0.3 is 0 Å². The molecule has 2 nitrogen and oxygen atoms in total. The van der Waals surface area contributed by atoms with Crippen molar-refractivity contribution in [2.75, 3.05) is 26.2 Å². The lowest BCUT2D eigenvalue weighted by molar-refractivity contribution is 0.0797. The van der Waals surface area contributed by atoms with E-state index in [0.29, 0.717) is 5.41 Å². The summed E-state index contributed by atoms with van der Waals surface area (Å²) in [4.78, 5) is 2.72. The van der Waals surface area contributed by atoms with E-state index in [1.807, 2.05) is 0 Å². The summed E-state index contributed by atoms with van der Waals surface area (Å²) in [7, 11) is 0. The molecule has 1 saturated heterocycles. The predicted molar refractivity (Wildman–Crippen MR) is 78.6 cm³/mol. The third-order valence-electron chi connectivity index (χ3n) is 6.03. The van der Waals surface area contributed by atoms with Crippen molar-refractivity contribution in [2.24, 2.45) is 23.0 Å². The Balaban J connectivity index is 1.80. The monoisotopic (exact) mass is 252 g/mol. The molecule has 106 valence electrons. The van der Waals surface area contributed by atoms with E-state index in [0.717, 1.165) is 18.4 Å². The van der Waals surface area contributed by atoms with E-state index in [1.165, 1.54) is 64.6 Å². The largest absolute Gasteiger partial charge is 0.330 e. The Hall–Kier alpha value is -0.0800. The van der Waals surface area contributed by atoms with E-state index >= 15 is 0 Å². The number of hydrogen-bond acceptors (Lipinski definition) is 2. The van der Waals surface area contributed by atoms with Crippen molar-refractivity contribution in [3.8, 4) is 0 Å². The lowest BCUT2D eigenvalue weighted by Gasteiger charge is -2.42. The van der Waals surface area contributed by atoms with Gasteiger partial charge in [-0.25, -0.2) is 0 Å².